The molecule has 0 aromatic heterocycles. The van der Waals surface area contributed by atoms with Crippen LogP contribution in [0.15, 0.2) is 17.0 Å². The van der Waals surface area contributed by atoms with Gasteiger partial charge in [-0.25, -0.2) is 17.5 Å². The molecule has 0 atom stereocenters. The summed E-state index contributed by atoms with van der Waals surface area (Å²) in [6.45, 7) is 2.19. The molecule has 0 saturated carbocycles. The average Bonchev–Trinajstić information content (AvgIpc) is 2.35. The summed E-state index contributed by atoms with van der Waals surface area (Å²) in [5.74, 6) is -1.16. The summed E-state index contributed by atoms with van der Waals surface area (Å²) in [6, 6.07) is 1.59. The fourth-order valence-electron chi connectivity index (χ4n) is 1.45. The first-order valence-electron chi connectivity index (χ1n) is 5.48. The average molecular weight is 291 g/mol. The van der Waals surface area contributed by atoms with Crippen LogP contribution in [0, 0.1) is 15.9 Å². The van der Waals surface area contributed by atoms with Crippen molar-refractivity contribution in [2.24, 2.45) is 0 Å². The van der Waals surface area contributed by atoms with E-state index >= 15 is 0 Å². The molecule has 0 radical (unpaired) electrons. The Labute approximate surface area is 110 Å². The smallest absolute Gasteiger partial charge is 0.274 e. The van der Waals surface area contributed by atoms with Crippen LogP contribution in [-0.4, -0.2) is 26.9 Å². The number of anilines is 1. The number of halogens is 1. The number of nitrogens with one attached hydrogen (secondary N) is 2. The van der Waals surface area contributed by atoms with E-state index in [4.69, 9.17) is 0 Å². The quantitative estimate of drug-likeness (QED) is 0.610. The van der Waals surface area contributed by atoms with Crippen LogP contribution in [-0.2, 0) is 10.0 Å². The van der Waals surface area contributed by atoms with E-state index in [-0.39, 0.29) is 5.69 Å². The first kappa shape index (κ1) is 15.3. The summed E-state index contributed by atoms with van der Waals surface area (Å²) in [7, 11) is -2.90. The second-order valence-electron chi connectivity index (χ2n) is 3.70. The van der Waals surface area contributed by atoms with Gasteiger partial charge in [0.25, 0.3) is 5.69 Å². The van der Waals surface area contributed by atoms with Gasteiger partial charge in [-0.05, 0) is 13.5 Å². The molecule has 9 heteroatoms. The van der Waals surface area contributed by atoms with Gasteiger partial charge in [0.1, 0.15) is 4.90 Å². The van der Waals surface area contributed by atoms with E-state index in [2.05, 4.69) is 5.32 Å². The van der Waals surface area contributed by atoms with Crippen molar-refractivity contribution in [3.8, 4) is 0 Å². The maximum Gasteiger partial charge on any atom is 0.274 e. The highest BCUT2D eigenvalue weighted by Crippen LogP contribution is 2.29. The first-order valence-corrected chi connectivity index (χ1v) is 6.97. The summed E-state index contributed by atoms with van der Waals surface area (Å²) in [4.78, 5) is 9.26. The second-order valence-corrected chi connectivity index (χ2v) is 5.52. The Kier molecular flexibility index (Phi) is 4.78. The van der Waals surface area contributed by atoms with Crippen molar-refractivity contribution in [2.45, 2.75) is 18.2 Å². The molecule has 0 spiro atoms. The van der Waals surface area contributed by atoms with Crippen molar-refractivity contribution < 1.29 is 17.7 Å². The lowest BCUT2D eigenvalue weighted by Crippen LogP contribution is -2.22. The number of benzene rings is 1. The van der Waals surface area contributed by atoms with E-state index in [9.17, 15) is 22.9 Å². The minimum absolute atomic E-state index is 0.122. The van der Waals surface area contributed by atoms with Crippen molar-refractivity contribution in [1.82, 2.24) is 4.72 Å². The van der Waals surface area contributed by atoms with Crippen molar-refractivity contribution in [2.75, 3.05) is 18.9 Å². The fourth-order valence-corrected chi connectivity index (χ4v) is 2.39. The molecule has 19 heavy (non-hydrogen) atoms. The molecule has 106 valence electrons. The van der Waals surface area contributed by atoms with Gasteiger partial charge in [0, 0.05) is 12.6 Å². The maximum atomic E-state index is 13.8. The zero-order valence-corrected chi connectivity index (χ0v) is 11.3. The van der Waals surface area contributed by atoms with Crippen molar-refractivity contribution >= 4 is 21.4 Å². The minimum atomic E-state index is -4.04. The van der Waals surface area contributed by atoms with Crippen LogP contribution in [0.4, 0.5) is 15.8 Å². The molecule has 0 bridgehead atoms. The van der Waals surface area contributed by atoms with E-state index in [0.717, 1.165) is 13.1 Å². The Morgan fingerprint density at radius 3 is 2.53 bits per heavy atom. The third-order valence-corrected chi connectivity index (χ3v) is 3.83. The van der Waals surface area contributed by atoms with Crippen molar-refractivity contribution in [1.29, 1.82) is 0 Å². The summed E-state index contributed by atoms with van der Waals surface area (Å²) >= 11 is 0. The third kappa shape index (κ3) is 3.38. The molecule has 0 aliphatic rings. The topological polar surface area (TPSA) is 101 Å². The lowest BCUT2D eigenvalue weighted by Gasteiger charge is -2.12. The predicted octanol–water partition coefficient (Wildman–Crippen LogP) is 1.46. The van der Waals surface area contributed by atoms with Gasteiger partial charge < -0.3 is 5.32 Å². The van der Waals surface area contributed by atoms with Crippen LogP contribution in [0.3, 0.4) is 0 Å². The fraction of sp³-hybridized carbons (Fsp3) is 0.400. The monoisotopic (exact) mass is 291 g/mol. The molecule has 0 heterocycles. The lowest BCUT2D eigenvalue weighted by atomic mass is 10.2. The van der Waals surface area contributed by atoms with Crippen LogP contribution in [0.2, 0.25) is 0 Å². The minimum Gasteiger partial charge on any atom is -0.384 e. The van der Waals surface area contributed by atoms with Gasteiger partial charge >= 0.3 is 0 Å². The molecule has 7 nitrogen and oxygen atoms in total. The van der Waals surface area contributed by atoms with Crippen LogP contribution in [0.5, 0.6) is 0 Å². The Morgan fingerprint density at radius 2 is 2.05 bits per heavy atom. The zero-order valence-electron chi connectivity index (χ0n) is 10.4. The first-order chi connectivity index (χ1) is 8.83. The highest BCUT2D eigenvalue weighted by atomic mass is 32.2. The number of nitrogens with zero attached hydrogens (tertiary/aromatic N) is 1. The standard InChI is InChI=1S/C10H14FN3O4S/c1-3-4-13-9-6-7(14(15)16)5-8(11)10(9)19(17,18)12-2/h5-6,12-13H,3-4H2,1-2H3. The molecule has 1 aromatic carbocycles. The van der Waals surface area contributed by atoms with E-state index in [1.165, 1.54) is 0 Å². The Bertz CT molecular complexity index is 589. The van der Waals surface area contributed by atoms with Crippen LogP contribution in [0.25, 0.3) is 0 Å². The van der Waals surface area contributed by atoms with Gasteiger partial charge in [0.05, 0.1) is 16.7 Å². The molecule has 0 saturated heterocycles. The molecule has 1 rings (SSSR count). The van der Waals surface area contributed by atoms with E-state index < -0.39 is 31.3 Å². The number of hydrogen-bond donors (Lipinski definition) is 2. The van der Waals surface area contributed by atoms with Crippen LogP contribution < -0.4 is 10.0 Å². The molecule has 0 unspecified atom stereocenters. The second kappa shape index (κ2) is 5.93. The van der Waals surface area contributed by atoms with Gasteiger partial charge in [-0.2, -0.15) is 0 Å². The zero-order chi connectivity index (χ0) is 14.6. The Balaban J connectivity index is 3.47. The van der Waals surface area contributed by atoms with Gasteiger partial charge in [0.2, 0.25) is 10.0 Å². The normalized spacial score (nSPS) is 11.3. The summed E-state index contributed by atoms with van der Waals surface area (Å²) in [6.07, 6.45) is 0.656. The van der Waals surface area contributed by atoms with E-state index in [0.29, 0.717) is 19.0 Å². The van der Waals surface area contributed by atoms with Crippen molar-refractivity contribution in [3.05, 3.63) is 28.1 Å². The maximum absolute atomic E-state index is 13.8. The highest BCUT2D eigenvalue weighted by molar-refractivity contribution is 7.89. The summed E-state index contributed by atoms with van der Waals surface area (Å²) in [5.41, 5.74) is -0.631. The van der Waals surface area contributed by atoms with E-state index in [1.807, 2.05) is 11.6 Å². The number of rotatable bonds is 6. The summed E-state index contributed by atoms with van der Waals surface area (Å²) in [5, 5.41) is 13.3. The molecule has 2 N–H and O–H groups in total. The summed E-state index contributed by atoms with van der Waals surface area (Å²) < 4.78 is 39.3. The van der Waals surface area contributed by atoms with Crippen LogP contribution >= 0.6 is 0 Å². The van der Waals surface area contributed by atoms with Gasteiger partial charge in [-0.15, -0.1) is 0 Å². The molecule has 0 aliphatic heterocycles. The van der Waals surface area contributed by atoms with Gasteiger partial charge in [0.15, 0.2) is 5.82 Å². The number of nitro benzene ring substituents is 1. The van der Waals surface area contributed by atoms with Crippen LogP contribution in [0.1, 0.15) is 13.3 Å². The Morgan fingerprint density at radius 1 is 1.42 bits per heavy atom. The molecule has 0 amide bonds. The van der Waals surface area contributed by atoms with Crippen molar-refractivity contribution in [3.63, 3.8) is 0 Å². The van der Waals surface area contributed by atoms with Gasteiger partial charge in [-0.1, -0.05) is 6.92 Å². The molecule has 1 aromatic rings. The number of hydrogen-bond acceptors (Lipinski definition) is 5. The predicted molar refractivity (Wildman–Crippen MR) is 68.1 cm³/mol. The van der Waals surface area contributed by atoms with Gasteiger partial charge in [-0.3, -0.25) is 10.1 Å². The lowest BCUT2D eigenvalue weighted by molar-refractivity contribution is -0.385. The van der Waals surface area contributed by atoms with E-state index in [1.54, 1.807) is 0 Å². The number of non-ortho nitro benzene ring substituents is 1. The molecule has 0 aliphatic carbocycles. The molecule has 0 fully saturated rings. The largest absolute Gasteiger partial charge is 0.384 e. The molecular weight excluding hydrogens is 277 g/mol. The highest BCUT2D eigenvalue weighted by Gasteiger charge is 2.25. The molecular formula is C10H14FN3O4S. The third-order valence-electron chi connectivity index (χ3n) is 2.34. The number of nitro groups is 1. The SMILES string of the molecule is CCCNc1cc([N+](=O)[O-])cc(F)c1S(=O)(=O)NC. The number of sulfonamides is 1. The Hall–Kier alpha value is -1.74.